The molecule has 1 aliphatic rings. The highest BCUT2D eigenvalue weighted by Gasteiger charge is 2.23. The highest BCUT2D eigenvalue weighted by molar-refractivity contribution is 5.85. The molecule has 5 heteroatoms. The van der Waals surface area contributed by atoms with Crippen LogP contribution in [0.15, 0.2) is 24.3 Å². The Bertz CT molecular complexity index is 414. The van der Waals surface area contributed by atoms with E-state index in [4.69, 9.17) is 14.2 Å². The summed E-state index contributed by atoms with van der Waals surface area (Å²) in [5.74, 6) is 1.59. The van der Waals surface area contributed by atoms with Crippen LogP contribution in [0.1, 0.15) is 20.8 Å². The van der Waals surface area contributed by atoms with Gasteiger partial charge in [-0.25, -0.2) is 0 Å². The van der Waals surface area contributed by atoms with Crippen LogP contribution in [0.2, 0.25) is 0 Å². The molecule has 21 heavy (non-hydrogen) atoms. The molecule has 0 saturated carbocycles. The van der Waals surface area contributed by atoms with Gasteiger partial charge in [0.05, 0.1) is 13.2 Å². The molecule has 0 radical (unpaired) electrons. The van der Waals surface area contributed by atoms with Gasteiger partial charge in [0.1, 0.15) is 12.7 Å². The van der Waals surface area contributed by atoms with Crippen LogP contribution in [0.25, 0.3) is 0 Å². The van der Waals surface area contributed by atoms with Gasteiger partial charge >= 0.3 is 0 Å². The highest BCUT2D eigenvalue weighted by Crippen LogP contribution is 2.26. The van der Waals surface area contributed by atoms with Gasteiger partial charge in [0, 0.05) is 19.1 Å². The molecule has 1 heterocycles. The molecule has 1 aliphatic heterocycles. The van der Waals surface area contributed by atoms with Crippen molar-refractivity contribution in [2.75, 3.05) is 32.9 Å². The zero-order valence-electron chi connectivity index (χ0n) is 13.1. The lowest BCUT2D eigenvalue weighted by molar-refractivity contribution is -0.0567. The van der Waals surface area contributed by atoms with Crippen molar-refractivity contribution in [3.63, 3.8) is 0 Å². The number of benzene rings is 1. The Morgan fingerprint density at radius 2 is 1.90 bits per heavy atom. The van der Waals surface area contributed by atoms with Crippen molar-refractivity contribution >= 4 is 12.4 Å². The Morgan fingerprint density at radius 3 is 2.52 bits per heavy atom. The van der Waals surface area contributed by atoms with Gasteiger partial charge in [-0.1, -0.05) is 12.1 Å². The molecule has 1 aromatic carbocycles. The van der Waals surface area contributed by atoms with Crippen molar-refractivity contribution in [3.8, 4) is 11.5 Å². The van der Waals surface area contributed by atoms with E-state index in [1.807, 2.05) is 31.2 Å². The fraction of sp³-hybridized carbons (Fsp3) is 0.625. The van der Waals surface area contributed by atoms with E-state index in [-0.39, 0.29) is 18.5 Å². The maximum Gasteiger partial charge on any atom is 0.161 e. The summed E-state index contributed by atoms with van der Waals surface area (Å²) >= 11 is 0. The van der Waals surface area contributed by atoms with E-state index < -0.39 is 0 Å². The molecule has 120 valence electrons. The first-order valence-electron chi connectivity index (χ1n) is 7.41. The van der Waals surface area contributed by atoms with Gasteiger partial charge in [-0.3, -0.25) is 4.90 Å². The summed E-state index contributed by atoms with van der Waals surface area (Å²) in [6.45, 7) is 10.3. The van der Waals surface area contributed by atoms with Gasteiger partial charge in [0.15, 0.2) is 11.5 Å². The molecule has 1 saturated heterocycles. The second kappa shape index (κ2) is 9.13. The van der Waals surface area contributed by atoms with Crippen molar-refractivity contribution < 1.29 is 14.2 Å². The van der Waals surface area contributed by atoms with Crippen LogP contribution in [0.5, 0.6) is 11.5 Å². The predicted octanol–water partition coefficient (Wildman–Crippen LogP) is 3.00. The summed E-state index contributed by atoms with van der Waals surface area (Å²) in [5, 5.41) is 0. The van der Waals surface area contributed by atoms with Crippen molar-refractivity contribution in [1.29, 1.82) is 0 Å². The van der Waals surface area contributed by atoms with Crippen LogP contribution >= 0.6 is 12.4 Å². The van der Waals surface area contributed by atoms with Gasteiger partial charge in [-0.2, -0.15) is 0 Å². The van der Waals surface area contributed by atoms with Crippen LogP contribution in [0, 0.1) is 0 Å². The number of hydrogen-bond donors (Lipinski definition) is 0. The quantitative estimate of drug-likeness (QED) is 0.807. The van der Waals surface area contributed by atoms with E-state index in [1.165, 1.54) is 0 Å². The van der Waals surface area contributed by atoms with E-state index in [2.05, 4.69) is 18.7 Å². The second-order valence-corrected chi connectivity index (χ2v) is 5.27. The summed E-state index contributed by atoms with van der Waals surface area (Å²) in [6, 6.07) is 8.34. The van der Waals surface area contributed by atoms with Gasteiger partial charge in [0.2, 0.25) is 0 Å². The van der Waals surface area contributed by atoms with E-state index in [0.29, 0.717) is 19.3 Å². The van der Waals surface area contributed by atoms with Crippen molar-refractivity contribution in [2.45, 2.75) is 32.9 Å². The van der Waals surface area contributed by atoms with Crippen molar-refractivity contribution in [1.82, 2.24) is 4.90 Å². The molecule has 0 spiro atoms. The Hall–Kier alpha value is -0.970. The number of morpholine rings is 1. The predicted molar refractivity (Wildman–Crippen MR) is 86.8 cm³/mol. The summed E-state index contributed by atoms with van der Waals surface area (Å²) in [7, 11) is 0. The third kappa shape index (κ3) is 5.38. The molecule has 0 N–H and O–H groups in total. The fourth-order valence-electron chi connectivity index (χ4n) is 2.34. The number of para-hydroxylation sites is 2. The minimum Gasteiger partial charge on any atom is -0.490 e. The smallest absolute Gasteiger partial charge is 0.161 e. The van der Waals surface area contributed by atoms with E-state index in [1.54, 1.807) is 0 Å². The number of nitrogens with zero attached hydrogens (tertiary/aromatic N) is 1. The highest BCUT2D eigenvalue weighted by atomic mass is 35.5. The molecule has 0 aromatic heterocycles. The SMILES string of the molecule is CCOc1ccccc1OCC1CN(C(C)C)CCO1.Cl. The Labute approximate surface area is 133 Å². The lowest BCUT2D eigenvalue weighted by Gasteiger charge is -2.35. The van der Waals surface area contributed by atoms with Gasteiger partial charge in [-0.05, 0) is 32.9 Å². The van der Waals surface area contributed by atoms with E-state index in [0.717, 1.165) is 31.2 Å². The van der Waals surface area contributed by atoms with Crippen LogP contribution < -0.4 is 9.47 Å². The second-order valence-electron chi connectivity index (χ2n) is 5.27. The van der Waals surface area contributed by atoms with Crippen LogP contribution in [-0.2, 0) is 4.74 Å². The average Bonchev–Trinajstić information content (AvgIpc) is 2.47. The summed E-state index contributed by atoms with van der Waals surface area (Å²) in [4.78, 5) is 2.42. The Morgan fingerprint density at radius 1 is 1.24 bits per heavy atom. The van der Waals surface area contributed by atoms with E-state index >= 15 is 0 Å². The molecule has 1 fully saturated rings. The molecule has 0 amide bonds. The molecule has 2 rings (SSSR count). The Kier molecular flexibility index (Phi) is 7.86. The number of hydrogen-bond acceptors (Lipinski definition) is 4. The zero-order chi connectivity index (χ0) is 14.4. The van der Waals surface area contributed by atoms with Crippen LogP contribution in [-0.4, -0.2) is 50.0 Å². The molecule has 0 bridgehead atoms. The third-order valence-corrected chi connectivity index (χ3v) is 3.47. The first-order valence-corrected chi connectivity index (χ1v) is 7.41. The molecule has 1 aromatic rings. The number of ether oxygens (including phenoxy) is 3. The molecular formula is C16H26ClNO3. The van der Waals surface area contributed by atoms with E-state index in [9.17, 15) is 0 Å². The molecule has 4 nitrogen and oxygen atoms in total. The summed E-state index contributed by atoms with van der Waals surface area (Å²) < 4.78 is 17.2. The standard InChI is InChI=1S/C16H25NO3.ClH/c1-4-18-15-7-5-6-8-16(15)20-12-14-11-17(13(2)3)9-10-19-14;/h5-8,13-14H,4,9-12H2,1-3H3;1H. The van der Waals surface area contributed by atoms with Gasteiger partial charge in [0.25, 0.3) is 0 Å². The van der Waals surface area contributed by atoms with Gasteiger partial charge in [-0.15, -0.1) is 12.4 Å². The monoisotopic (exact) mass is 315 g/mol. The number of halogens is 1. The summed E-state index contributed by atoms with van der Waals surface area (Å²) in [6.07, 6.45) is 0.126. The first-order chi connectivity index (χ1) is 9.70. The Balaban J connectivity index is 0.00000220. The minimum absolute atomic E-state index is 0. The van der Waals surface area contributed by atoms with Crippen molar-refractivity contribution in [3.05, 3.63) is 24.3 Å². The van der Waals surface area contributed by atoms with Crippen LogP contribution in [0.3, 0.4) is 0 Å². The fourth-order valence-corrected chi connectivity index (χ4v) is 2.34. The maximum atomic E-state index is 5.88. The van der Waals surface area contributed by atoms with Gasteiger partial charge < -0.3 is 14.2 Å². The molecular weight excluding hydrogens is 290 g/mol. The molecule has 0 aliphatic carbocycles. The zero-order valence-corrected chi connectivity index (χ0v) is 13.9. The third-order valence-electron chi connectivity index (χ3n) is 3.47. The molecule has 1 atom stereocenters. The molecule has 1 unspecified atom stereocenters. The first kappa shape index (κ1) is 18.1. The lowest BCUT2D eigenvalue weighted by atomic mass is 10.2. The summed E-state index contributed by atoms with van der Waals surface area (Å²) in [5.41, 5.74) is 0. The van der Waals surface area contributed by atoms with Crippen molar-refractivity contribution in [2.24, 2.45) is 0 Å². The normalized spacial score (nSPS) is 19.1. The lowest BCUT2D eigenvalue weighted by Crippen LogP contribution is -2.47. The largest absolute Gasteiger partial charge is 0.490 e. The topological polar surface area (TPSA) is 30.9 Å². The average molecular weight is 316 g/mol. The number of rotatable bonds is 6. The van der Waals surface area contributed by atoms with Crippen LogP contribution in [0.4, 0.5) is 0 Å². The minimum atomic E-state index is 0. The maximum absolute atomic E-state index is 5.88.